The first-order valence-corrected chi connectivity index (χ1v) is 7.87. The van der Waals surface area contributed by atoms with E-state index in [9.17, 15) is 23.3 Å². The Balaban J connectivity index is 2.31. The van der Waals surface area contributed by atoms with E-state index in [1.54, 1.807) is 0 Å². The van der Waals surface area contributed by atoms with Gasteiger partial charge in [-0.2, -0.15) is 0 Å². The minimum absolute atomic E-state index is 0.00470. The summed E-state index contributed by atoms with van der Waals surface area (Å²) in [6, 6.07) is 1.09. The molecule has 0 saturated carbocycles. The fourth-order valence-corrected chi connectivity index (χ4v) is 3.22. The second-order valence-electron chi connectivity index (χ2n) is 4.66. The number of anilines is 1. The standard InChI is InChI=1S/C10H11ClN4O5S/c11-7-2-8(15(17)18)10(13-3-7)14-4-6(1-9(14)16)5-21(12,19)20/h2-3,6H,1,4-5H2,(H2,12,19,20). The molecule has 2 rings (SSSR count). The Hall–Kier alpha value is -1.78. The highest BCUT2D eigenvalue weighted by Gasteiger charge is 2.36. The predicted octanol–water partition coefficient (Wildman–Crippen LogP) is 0.285. The molecule has 9 nitrogen and oxygen atoms in total. The molecule has 11 heteroatoms. The minimum Gasteiger partial charge on any atom is -0.291 e. The molecule has 2 heterocycles. The number of carbonyl (C=O) groups excluding carboxylic acids is 1. The molecule has 21 heavy (non-hydrogen) atoms. The van der Waals surface area contributed by atoms with Crippen LogP contribution < -0.4 is 10.0 Å². The third-order valence-electron chi connectivity index (χ3n) is 2.94. The molecule has 1 atom stereocenters. The second kappa shape index (κ2) is 5.54. The van der Waals surface area contributed by atoms with Crippen LogP contribution in [-0.4, -0.2) is 36.5 Å². The maximum atomic E-state index is 11.9. The third-order valence-corrected chi connectivity index (χ3v) is 4.08. The van der Waals surface area contributed by atoms with Crippen LogP contribution in [-0.2, 0) is 14.8 Å². The highest BCUT2D eigenvalue weighted by molar-refractivity contribution is 7.89. The van der Waals surface area contributed by atoms with Gasteiger partial charge in [0.15, 0.2) is 0 Å². The van der Waals surface area contributed by atoms with Crippen LogP contribution in [0.3, 0.4) is 0 Å². The fraction of sp³-hybridized carbons (Fsp3) is 0.400. The van der Waals surface area contributed by atoms with Gasteiger partial charge in [-0.15, -0.1) is 0 Å². The zero-order valence-corrected chi connectivity index (χ0v) is 12.2. The number of sulfonamides is 1. The summed E-state index contributed by atoms with van der Waals surface area (Å²) in [6.45, 7) is 0.00470. The highest BCUT2D eigenvalue weighted by Crippen LogP contribution is 2.32. The van der Waals surface area contributed by atoms with Crippen molar-refractivity contribution in [1.29, 1.82) is 0 Å². The van der Waals surface area contributed by atoms with E-state index in [1.165, 1.54) is 6.20 Å². The van der Waals surface area contributed by atoms with Gasteiger partial charge in [-0.1, -0.05) is 11.6 Å². The van der Waals surface area contributed by atoms with Crippen LogP contribution in [0.2, 0.25) is 5.02 Å². The molecule has 1 aromatic heterocycles. The average molecular weight is 335 g/mol. The zero-order chi connectivity index (χ0) is 15.8. The SMILES string of the molecule is NS(=O)(=O)CC1CC(=O)N(c2ncc(Cl)cc2[N+](=O)[O-])C1. The second-order valence-corrected chi connectivity index (χ2v) is 6.75. The lowest BCUT2D eigenvalue weighted by atomic mass is 10.1. The van der Waals surface area contributed by atoms with Crippen molar-refractivity contribution in [1.82, 2.24) is 4.98 Å². The third kappa shape index (κ3) is 3.65. The molecule has 1 aromatic rings. The number of hydrogen-bond acceptors (Lipinski definition) is 6. The number of amides is 1. The number of nitro groups is 1. The first-order valence-electron chi connectivity index (χ1n) is 5.78. The number of pyridine rings is 1. The van der Waals surface area contributed by atoms with Gasteiger partial charge in [0.25, 0.3) is 0 Å². The Morgan fingerprint density at radius 1 is 1.57 bits per heavy atom. The Kier molecular flexibility index (Phi) is 4.12. The van der Waals surface area contributed by atoms with E-state index in [4.69, 9.17) is 16.7 Å². The first kappa shape index (κ1) is 15.6. The summed E-state index contributed by atoms with van der Waals surface area (Å²) >= 11 is 5.65. The summed E-state index contributed by atoms with van der Waals surface area (Å²) in [5.41, 5.74) is -0.410. The Morgan fingerprint density at radius 2 is 2.24 bits per heavy atom. The molecule has 2 N–H and O–H groups in total. The summed E-state index contributed by atoms with van der Waals surface area (Å²) in [7, 11) is -3.72. The topological polar surface area (TPSA) is 136 Å². The van der Waals surface area contributed by atoms with Crippen molar-refractivity contribution in [3.63, 3.8) is 0 Å². The number of primary sulfonamides is 1. The lowest BCUT2D eigenvalue weighted by molar-refractivity contribution is -0.384. The molecule has 0 spiro atoms. The number of halogens is 1. The summed E-state index contributed by atoms with van der Waals surface area (Å²) in [4.78, 5) is 27.1. The maximum Gasteiger partial charge on any atom is 0.313 e. The Labute approximate surface area is 124 Å². The quantitative estimate of drug-likeness (QED) is 0.620. The zero-order valence-electron chi connectivity index (χ0n) is 10.6. The lowest BCUT2D eigenvalue weighted by Gasteiger charge is -2.15. The number of rotatable bonds is 4. The van der Waals surface area contributed by atoms with Crippen molar-refractivity contribution in [2.45, 2.75) is 6.42 Å². The van der Waals surface area contributed by atoms with Gasteiger partial charge in [-0.05, 0) is 0 Å². The predicted molar refractivity (Wildman–Crippen MR) is 74.3 cm³/mol. The summed E-state index contributed by atoms with van der Waals surface area (Å²) in [5, 5.41) is 16.0. The molecule has 1 fully saturated rings. The molecular formula is C10H11ClN4O5S. The lowest BCUT2D eigenvalue weighted by Crippen LogP contribution is -2.28. The van der Waals surface area contributed by atoms with Crippen LogP contribution in [0.5, 0.6) is 0 Å². The molecule has 114 valence electrons. The van der Waals surface area contributed by atoms with Gasteiger partial charge in [-0.3, -0.25) is 19.8 Å². The summed E-state index contributed by atoms with van der Waals surface area (Å²) < 4.78 is 22.1. The molecule has 1 unspecified atom stereocenters. The van der Waals surface area contributed by atoms with Crippen molar-refractivity contribution in [2.24, 2.45) is 11.1 Å². The van der Waals surface area contributed by atoms with Crippen LogP contribution in [0.1, 0.15) is 6.42 Å². The molecule has 0 bridgehead atoms. The maximum absolute atomic E-state index is 11.9. The van der Waals surface area contributed by atoms with Crippen molar-refractivity contribution < 1.29 is 18.1 Å². The van der Waals surface area contributed by atoms with Crippen LogP contribution >= 0.6 is 11.6 Å². The van der Waals surface area contributed by atoms with E-state index in [0.717, 1.165) is 11.0 Å². The number of nitrogens with two attached hydrogens (primary N) is 1. The van der Waals surface area contributed by atoms with E-state index in [2.05, 4.69) is 4.98 Å². The summed E-state index contributed by atoms with van der Waals surface area (Å²) in [5.74, 6) is -1.48. The number of carbonyl (C=O) groups is 1. The van der Waals surface area contributed by atoms with E-state index in [0.29, 0.717) is 0 Å². The van der Waals surface area contributed by atoms with Gasteiger partial charge in [-0.25, -0.2) is 18.5 Å². The van der Waals surface area contributed by atoms with E-state index in [-0.39, 0.29) is 29.6 Å². The van der Waals surface area contributed by atoms with Crippen molar-refractivity contribution >= 4 is 39.0 Å². The smallest absolute Gasteiger partial charge is 0.291 e. The molecule has 1 aliphatic rings. The van der Waals surface area contributed by atoms with Gasteiger partial charge in [0.1, 0.15) is 0 Å². The van der Waals surface area contributed by atoms with E-state index < -0.39 is 32.5 Å². The van der Waals surface area contributed by atoms with Crippen molar-refractivity contribution in [3.8, 4) is 0 Å². The van der Waals surface area contributed by atoms with E-state index in [1.807, 2.05) is 0 Å². The first-order chi connectivity index (χ1) is 9.67. The van der Waals surface area contributed by atoms with Crippen LogP contribution in [0.4, 0.5) is 11.5 Å². The Bertz CT molecular complexity index is 707. The van der Waals surface area contributed by atoms with Crippen molar-refractivity contribution in [3.05, 3.63) is 27.4 Å². The molecule has 0 aliphatic carbocycles. The van der Waals surface area contributed by atoms with E-state index >= 15 is 0 Å². The van der Waals surface area contributed by atoms with Gasteiger partial charge >= 0.3 is 5.69 Å². The normalized spacial score (nSPS) is 19.0. The molecule has 1 amide bonds. The molecular weight excluding hydrogens is 324 g/mol. The number of nitrogens with zero attached hydrogens (tertiary/aromatic N) is 3. The van der Waals surface area contributed by atoms with Gasteiger partial charge in [0.05, 0.1) is 15.7 Å². The minimum atomic E-state index is -3.72. The number of aromatic nitrogens is 1. The number of hydrogen-bond donors (Lipinski definition) is 1. The molecule has 1 aliphatic heterocycles. The van der Waals surface area contributed by atoms with Crippen molar-refractivity contribution in [2.75, 3.05) is 17.2 Å². The van der Waals surface area contributed by atoms with Gasteiger partial charge < -0.3 is 0 Å². The monoisotopic (exact) mass is 334 g/mol. The molecule has 0 aromatic carbocycles. The molecule has 0 radical (unpaired) electrons. The summed E-state index contributed by atoms with van der Waals surface area (Å²) in [6.07, 6.45) is 1.13. The van der Waals surface area contributed by atoms with Crippen LogP contribution in [0, 0.1) is 16.0 Å². The average Bonchev–Trinajstić information content (AvgIpc) is 2.67. The Morgan fingerprint density at radius 3 is 2.81 bits per heavy atom. The van der Waals surface area contributed by atoms with Gasteiger partial charge in [0, 0.05) is 31.1 Å². The largest absolute Gasteiger partial charge is 0.313 e. The fourth-order valence-electron chi connectivity index (χ4n) is 2.19. The van der Waals surface area contributed by atoms with Crippen LogP contribution in [0.15, 0.2) is 12.3 Å². The molecule has 1 saturated heterocycles. The highest BCUT2D eigenvalue weighted by atomic mass is 35.5. The van der Waals surface area contributed by atoms with Crippen LogP contribution in [0.25, 0.3) is 0 Å². The van der Waals surface area contributed by atoms with Gasteiger partial charge in [0.2, 0.25) is 21.7 Å².